The van der Waals surface area contributed by atoms with Gasteiger partial charge in [0.15, 0.2) is 0 Å². The first-order chi connectivity index (χ1) is 10.1. The van der Waals surface area contributed by atoms with Crippen LogP contribution in [0.3, 0.4) is 0 Å². The lowest BCUT2D eigenvalue weighted by atomic mass is 10.2. The van der Waals surface area contributed by atoms with Gasteiger partial charge in [0.1, 0.15) is 6.04 Å². The molecule has 0 aliphatic carbocycles. The molecule has 1 heterocycles. The topological polar surface area (TPSA) is 60.3 Å². The molecule has 21 heavy (non-hydrogen) atoms. The van der Waals surface area contributed by atoms with Crippen molar-refractivity contribution in [2.24, 2.45) is 0 Å². The van der Waals surface area contributed by atoms with Gasteiger partial charge in [-0.25, -0.2) is 4.79 Å². The summed E-state index contributed by atoms with van der Waals surface area (Å²) in [6, 6.07) is 10.4. The number of hydrogen-bond donors (Lipinski definition) is 1. The minimum atomic E-state index is -0.665. The molecular weight excluding hydrogens is 268 g/mol. The van der Waals surface area contributed by atoms with Gasteiger partial charge in [-0.3, -0.25) is 4.79 Å². The summed E-state index contributed by atoms with van der Waals surface area (Å²) in [7, 11) is 0. The second-order valence-electron chi connectivity index (χ2n) is 4.58. The number of nitrogens with one attached hydrogen (secondary N) is 1. The summed E-state index contributed by atoms with van der Waals surface area (Å²) in [5, 5.41) is 2.61. The highest BCUT2D eigenvalue weighted by atomic mass is 16.5. The molecule has 5 heteroatoms. The molecule has 0 saturated carbocycles. The third kappa shape index (κ3) is 3.72. The van der Waals surface area contributed by atoms with Crippen LogP contribution < -0.4 is 5.32 Å². The SMILES string of the molecule is CCOC(=O)[C@H](C)NC(=O)c1ccc(-n2cccc2)cc1. The Morgan fingerprint density at radius 1 is 1.19 bits per heavy atom. The molecule has 0 aliphatic rings. The van der Waals surface area contributed by atoms with Crippen molar-refractivity contribution in [1.29, 1.82) is 0 Å². The van der Waals surface area contributed by atoms with Gasteiger partial charge in [0.05, 0.1) is 6.61 Å². The fourth-order valence-corrected chi connectivity index (χ4v) is 1.90. The van der Waals surface area contributed by atoms with E-state index < -0.39 is 12.0 Å². The highest BCUT2D eigenvalue weighted by molar-refractivity contribution is 5.96. The van der Waals surface area contributed by atoms with Crippen LogP contribution in [0.1, 0.15) is 24.2 Å². The minimum Gasteiger partial charge on any atom is -0.464 e. The molecule has 2 rings (SSSR count). The second-order valence-corrected chi connectivity index (χ2v) is 4.58. The number of rotatable bonds is 5. The Bertz CT molecular complexity index is 603. The molecule has 1 aromatic heterocycles. The molecule has 1 amide bonds. The van der Waals surface area contributed by atoms with Crippen molar-refractivity contribution < 1.29 is 14.3 Å². The second kappa shape index (κ2) is 6.74. The number of esters is 1. The third-order valence-electron chi connectivity index (χ3n) is 3.02. The Morgan fingerprint density at radius 2 is 1.81 bits per heavy atom. The highest BCUT2D eigenvalue weighted by Gasteiger charge is 2.17. The van der Waals surface area contributed by atoms with Crippen LogP contribution >= 0.6 is 0 Å². The summed E-state index contributed by atoms with van der Waals surface area (Å²) in [5.74, 6) is -0.732. The summed E-state index contributed by atoms with van der Waals surface area (Å²) in [6.07, 6.45) is 3.86. The molecule has 1 atom stereocenters. The van der Waals surface area contributed by atoms with Crippen molar-refractivity contribution in [2.75, 3.05) is 6.61 Å². The number of amides is 1. The van der Waals surface area contributed by atoms with Gasteiger partial charge in [-0.2, -0.15) is 0 Å². The Labute approximate surface area is 123 Å². The first-order valence-corrected chi connectivity index (χ1v) is 6.82. The van der Waals surface area contributed by atoms with Gasteiger partial charge in [-0.15, -0.1) is 0 Å². The molecular formula is C16H18N2O3. The van der Waals surface area contributed by atoms with E-state index in [9.17, 15) is 9.59 Å². The van der Waals surface area contributed by atoms with E-state index in [0.29, 0.717) is 12.2 Å². The van der Waals surface area contributed by atoms with E-state index in [2.05, 4.69) is 5.32 Å². The van der Waals surface area contributed by atoms with E-state index >= 15 is 0 Å². The zero-order valence-corrected chi connectivity index (χ0v) is 12.1. The predicted molar refractivity (Wildman–Crippen MR) is 79.3 cm³/mol. The average molecular weight is 286 g/mol. The maximum Gasteiger partial charge on any atom is 0.328 e. The van der Waals surface area contributed by atoms with Gasteiger partial charge in [-0.1, -0.05) is 0 Å². The van der Waals surface area contributed by atoms with Gasteiger partial charge in [-0.05, 0) is 50.2 Å². The van der Waals surface area contributed by atoms with Gasteiger partial charge in [0.25, 0.3) is 5.91 Å². The molecule has 0 unspecified atom stereocenters. The lowest BCUT2D eigenvalue weighted by Gasteiger charge is -2.12. The van der Waals surface area contributed by atoms with Crippen LogP contribution in [0.2, 0.25) is 0 Å². The molecule has 1 aromatic carbocycles. The van der Waals surface area contributed by atoms with Crippen molar-refractivity contribution in [3.05, 3.63) is 54.4 Å². The molecule has 0 radical (unpaired) electrons. The standard InChI is InChI=1S/C16H18N2O3/c1-3-21-16(20)12(2)17-15(19)13-6-8-14(9-7-13)18-10-4-5-11-18/h4-12H,3H2,1-2H3,(H,17,19)/t12-/m0/s1. The van der Waals surface area contributed by atoms with Crippen LogP contribution in [0.25, 0.3) is 5.69 Å². The van der Waals surface area contributed by atoms with Crippen LogP contribution in [0, 0.1) is 0 Å². The molecule has 110 valence electrons. The van der Waals surface area contributed by atoms with Crippen LogP contribution in [0.15, 0.2) is 48.8 Å². The van der Waals surface area contributed by atoms with Crippen LogP contribution in [0.4, 0.5) is 0 Å². The normalized spacial score (nSPS) is 11.7. The lowest BCUT2D eigenvalue weighted by Crippen LogP contribution is -2.39. The highest BCUT2D eigenvalue weighted by Crippen LogP contribution is 2.10. The first kappa shape index (κ1) is 14.8. The van der Waals surface area contributed by atoms with Crippen LogP contribution in [-0.2, 0) is 9.53 Å². The van der Waals surface area contributed by atoms with Crippen molar-refractivity contribution in [1.82, 2.24) is 9.88 Å². The van der Waals surface area contributed by atoms with Crippen molar-refractivity contribution in [3.8, 4) is 5.69 Å². The average Bonchev–Trinajstić information content (AvgIpc) is 3.01. The Kier molecular flexibility index (Phi) is 4.77. The summed E-state index contributed by atoms with van der Waals surface area (Å²) < 4.78 is 6.80. The summed E-state index contributed by atoms with van der Waals surface area (Å²) in [6.45, 7) is 3.63. The molecule has 0 bridgehead atoms. The third-order valence-corrected chi connectivity index (χ3v) is 3.02. The number of carbonyl (C=O) groups is 2. The molecule has 0 saturated heterocycles. The fraction of sp³-hybridized carbons (Fsp3) is 0.250. The Hall–Kier alpha value is -2.56. The number of carbonyl (C=O) groups excluding carboxylic acids is 2. The quantitative estimate of drug-likeness (QED) is 0.857. The smallest absolute Gasteiger partial charge is 0.328 e. The number of benzene rings is 1. The van der Waals surface area contributed by atoms with Crippen molar-refractivity contribution in [2.45, 2.75) is 19.9 Å². The molecule has 1 N–H and O–H groups in total. The van der Waals surface area contributed by atoms with E-state index in [1.807, 2.05) is 41.2 Å². The monoisotopic (exact) mass is 286 g/mol. The number of nitrogens with zero attached hydrogens (tertiary/aromatic N) is 1. The zero-order chi connectivity index (χ0) is 15.2. The number of hydrogen-bond acceptors (Lipinski definition) is 3. The van der Waals surface area contributed by atoms with E-state index in [4.69, 9.17) is 4.74 Å². The van der Waals surface area contributed by atoms with Crippen LogP contribution in [-0.4, -0.2) is 29.1 Å². The molecule has 2 aromatic rings. The predicted octanol–water partition coefficient (Wildman–Crippen LogP) is 2.16. The maximum absolute atomic E-state index is 12.0. The molecule has 5 nitrogen and oxygen atoms in total. The summed E-state index contributed by atoms with van der Waals surface area (Å²) in [4.78, 5) is 23.5. The first-order valence-electron chi connectivity index (χ1n) is 6.82. The Morgan fingerprint density at radius 3 is 2.38 bits per heavy atom. The van der Waals surface area contributed by atoms with Crippen LogP contribution in [0.5, 0.6) is 0 Å². The lowest BCUT2D eigenvalue weighted by molar-refractivity contribution is -0.144. The molecule has 0 aliphatic heterocycles. The Balaban J connectivity index is 2.02. The maximum atomic E-state index is 12.0. The molecule has 0 fully saturated rings. The summed E-state index contributed by atoms with van der Waals surface area (Å²) >= 11 is 0. The number of aromatic nitrogens is 1. The summed E-state index contributed by atoms with van der Waals surface area (Å²) in [5.41, 5.74) is 1.47. The van der Waals surface area contributed by atoms with Crippen molar-refractivity contribution in [3.63, 3.8) is 0 Å². The van der Waals surface area contributed by atoms with E-state index in [1.165, 1.54) is 0 Å². The van der Waals surface area contributed by atoms with E-state index in [-0.39, 0.29) is 5.91 Å². The largest absolute Gasteiger partial charge is 0.464 e. The fourth-order valence-electron chi connectivity index (χ4n) is 1.90. The zero-order valence-electron chi connectivity index (χ0n) is 12.1. The van der Waals surface area contributed by atoms with E-state index in [0.717, 1.165) is 5.69 Å². The van der Waals surface area contributed by atoms with Gasteiger partial charge in [0.2, 0.25) is 0 Å². The van der Waals surface area contributed by atoms with E-state index in [1.54, 1.807) is 26.0 Å². The van der Waals surface area contributed by atoms with Gasteiger partial charge in [0, 0.05) is 23.6 Å². The van der Waals surface area contributed by atoms with Gasteiger partial charge >= 0.3 is 5.97 Å². The minimum absolute atomic E-state index is 0.296. The van der Waals surface area contributed by atoms with Crippen molar-refractivity contribution >= 4 is 11.9 Å². The number of ether oxygens (including phenoxy) is 1. The van der Waals surface area contributed by atoms with Gasteiger partial charge < -0.3 is 14.6 Å². The molecule has 0 spiro atoms.